The summed E-state index contributed by atoms with van der Waals surface area (Å²) in [7, 11) is 0. The molecule has 0 bridgehead atoms. The third kappa shape index (κ3) is 3.88. The normalized spacial score (nSPS) is 17.9. The highest BCUT2D eigenvalue weighted by atomic mass is 79.9. The SMILES string of the molecule is O=C(COc1cc(F)ccc1Br)N1CCC(F)(F)CC1. The van der Waals surface area contributed by atoms with E-state index in [9.17, 15) is 18.0 Å². The number of hydrogen-bond donors (Lipinski definition) is 0. The first-order valence-corrected chi connectivity index (χ1v) is 6.90. The second-order valence-electron chi connectivity index (χ2n) is 4.60. The van der Waals surface area contributed by atoms with Crippen LogP contribution in [0.3, 0.4) is 0 Å². The molecule has 2 rings (SSSR count). The Morgan fingerprint density at radius 1 is 1.35 bits per heavy atom. The summed E-state index contributed by atoms with van der Waals surface area (Å²) in [6, 6.07) is 3.88. The fourth-order valence-electron chi connectivity index (χ4n) is 1.90. The number of ether oxygens (including phenoxy) is 1. The van der Waals surface area contributed by atoms with Crippen molar-refractivity contribution in [3.05, 3.63) is 28.5 Å². The molecule has 1 saturated heterocycles. The molecule has 1 amide bonds. The summed E-state index contributed by atoms with van der Waals surface area (Å²) in [5, 5.41) is 0. The number of halogens is 4. The van der Waals surface area contributed by atoms with Crippen LogP contribution in [0, 0.1) is 5.82 Å². The molecular formula is C13H13BrF3NO2. The summed E-state index contributed by atoms with van der Waals surface area (Å²) in [6.07, 6.45) is -0.662. The van der Waals surface area contributed by atoms with Crippen molar-refractivity contribution in [2.24, 2.45) is 0 Å². The van der Waals surface area contributed by atoms with Gasteiger partial charge in [-0.1, -0.05) is 0 Å². The Kier molecular flexibility index (Phi) is 4.57. The molecule has 0 N–H and O–H groups in total. The molecule has 0 aromatic heterocycles. The number of carbonyl (C=O) groups is 1. The fraction of sp³-hybridized carbons (Fsp3) is 0.462. The van der Waals surface area contributed by atoms with Crippen molar-refractivity contribution >= 4 is 21.8 Å². The number of benzene rings is 1. The standard InChI is InChI=1S/C13H13BrF3NO2/c14-10-2-1-9(15)7-11(10)20-8-12(19)18-5-3-13(16,17)4-6-18/h1-2,7H,3-6,8H2. The van der Waals surface area contributed by atoms with E-state index in [0.29, 0.717) is 4.47 Å². The smallest absolute Gasteiger partial charge is 0.260 e. The van der Waals surface area contributed by atoms with Crippen LogP contribution in [0.1, 0.15) is 12.8 Å². The van der Waals surface area contributed by atoms with Crippen LogP contribution in [0.5, 0.6) is 5.75 Å². The van der Waals surface area contributed by atoms with Crippen LogP contribution < -0.4 is 4.74 Å². The van der Waals surface area contributed by atoms with Gasteiger partial charge < -0.3 is 9.64 Å². The molecule has 1 heterocycles. The Hall–Kier alpha value is -1.24. The van der Waals surface area contributed by atoms with Gasteiger partial charge in [0.2, 0.25) is 0 Å². The number of alkyl halides is 2. The van der Waals surface area contributed by atoms with E-state index in [0.717, 1.165) is 6.07 Å². The lowest BCUT2D eigenvalue weighted by molar-refractivity contribution is -0.139. The Bertz CT molecular complexity index is 500. The van der Waals surface area contributed by atoms with Crippen LogP contribution >= 0.6 is 15.9 Å². The van der Waals surface area contributed by atoms with Gasteiger partial charge in [0.05, 0.1) is 4.47 Å². The van der Waals surface area contributed by atoms with Crippen molar-refractivity contribution in [1.29, 1.82) is 0 Å². The summed E-state index contributed by atoms with van der Waals surface area (Å²) >= 11 is 3.18. The van der Waals surface area contributed by atoms with Gasteiger partial charge in [-0.05, 0) is 28.1 Å². The van der Waals surface area contributed by atoms with E-state index in [1.54, 1.807) is 0 Å². The first kappa shape index (κ1) is 15.2. The van der Waals surface area contributed by atoms with Crippen LogP contribution in [0.4, 0.5) is 13.2 Å². The van der Waals surface area contributed by atoms with Gasteiger partial charge in [0.25, 0.3) is 11.8 Å². The van der Waals surface area contributed by atoms with Crippen LogP contribution in [0.15, 0.2) is 22.7 Å². The van der Waals surface area contributed by atoms with Gasteiger partial charge >= 0.3 is 0 Å². The number of nitrogens with zero attached hydrogens (tertiary/aromatic N) is 1. The van der Waals surface area contributed by atoms with E-state index in [1.807, 2.05) is 0 Å². The maximum atomic E-state index is 13.0. The number of piperidine rings is 1. The molecule has 1 aromatic carbocycles. The number of hydrogen-bond acceptors (Lipinski definition) is 2. The highest BCUT2D eigenvalue weighted by molar-refractivity contribution is 9.10. The zero-order valence-corrected chi connectivity index (χ0v) is 12.1. The van der Waals surface area contributed by atoms with Crippen molar-refractivity contribution in [3.8, 4) is 5.75 Å². The number of carbonyl (C=O) groups excluding carboxylic acids is 1. The Morgan fingerprint density at radius 3 is 2.65 bits per heavy atom. The second kappa shape index (κ2) is 6.03. The third-order valence-electron chi connectivity index (χ3n) is 3.09. The minimum atomic E-state index is -2.69. The molecule has 0 aliphatic carbocycles. The zero-order chi connectivity index (χ0) is 14.8. The number of rotatable bonds is 3. The molecule has 1 aliphatic heterocycles. The quantitative estimate of drug-likeness (QED) is 0.836. The molecule has 20 heavy (non-hydrogen) atoms. The zero-order valence-electron chi connectivity index (χ0n) is 10.5. The first-order chi connectivity index (χ1) is 9.37. The van der Waals surface area contributed by atoms with E-state index < -0.39 is 11.7 Å². The van der Waals surface area contributed by atoms with E-state index in [4.69, 9.17) is 4.74 Å². The highest BCUT2D eigenvalue weighted by Gasteiger charge is 2.35. The van der Waals surface area contributed by atoms with Gasteiger partial charge in [0.1, 0.15) is 11.6 Å². The van der Waals surface area contributed by atoms with Gasteiger partial charge in [-0.25, -0.2) is 13.2 Å². The van der Waals surface area contributed by atoms with E-state index in [1.165, 1.54) is 17.0 Å². The second-order valence-corrected chi connectivity index (χ2v) is 5.45. The van der Waals surface area contributed by atoms with Crippen LogP contribution in [-0.2, 0) is 4.79 Å². The molecule has 1 fully saturated rings. The maximum absolute atomic E-state index is 13.0. The summed E-state index contributed by atoms with van der Waals surface area (Å²) in [4.78, 5) is 13.2. The van der Waals surface area contributed by atoms with Crippen molar-refractivity contribution in [1.82, 2.24) is 4.90 Å². The minimum absolute atomic E-state index is 0.0134. The van der Waals surface area contributed by atoms with E-state index in [2.05, 4.69) is 15.9 Å². The molecule has 1 aromatic rings. The molecule has 7 heteroatoms. The molecule has 0 atom stereocenters. The van der Waals surface area contributed by atoms with Crippen molar-refractivity contribution in [2.45, 2.75) is 18.8 Å². The van der Waals surface area contributed by atoms with Gasteiger partial charge in [-0.2, -0.15) is 0 Å². The molecule has 0 saturated carbocycles. The summed E-state index contributed by atoms with van der Waals surface area (Å²) in [6.45, 7) is -0.271. The lowest BCUT2D eigenvalue weighted by Gasteiger charge is -2.31. The predicted molar refractivity (Wildman–Crippen MR) is 70.4 cm³/mol. The topological polar surface area (TPSA) is 29.5 Å². The monoisotopic (exact) mass is 351 g/mol. The molecule has 1 aliphatic rings. The van der Waals surface area contributed by atoms with Crippen molar-refractivity contribution < 1.29 is 22.7 Å². The Balaban J connectivity index is 1.88. The van der Waals surface area contributed by atoms with Crippen molar-refractivity contribution in [3.63, 3.8) is 0 Å². The first-order valence-electron chi connectivity index (χ1n) is 6.11. The van der Waals surface area contributed by atoms with Crippen LogP contribution in [-0.4, -0.2) is 36.4 Å². The number of likely N-dealkylation sites (tertiary alicyclic amines) is 1. The predicted octanol–water partition coefficient (Wildman–Crippen LogP) is 3.22. The van der Waals surface area contributed by atoms with Gasteiger partial charge in [-0.15, -0.1) is 0 Å². The third-order valence-corrected chi connectivity index (χ3v) is 3.75. The fourth-order valence-corrected chi connectivity index (χ4v) is 2.26. The van der Waals surface area contributed by atoms with Crippen LogP contribution in [0.2, 0.25) is 0 Å². The average molecular weight is 352 g/mol. The van der Waals surface area contributed by atoms with E-state index >= 15 is 0 Å². The van der Waals surface area contributed by atoms with E-state index in [-0.39, 0.29) is 44.2 Å². The molecule has 110 valence electrons. The summed E-state index contributed by atoms with van der Waals surface area (Å²) in [5.74, 6) is -3.34. The lowest BCUT2D eigenvalue weighted by Crippen LogP contribution is -2.44. The lowest BCUT2D eigenvalue weighted by atomic mass is 10.1. The van der Waals surface area contributed by atoms with Crippen molar-refractivity contribution in [2.75, 3.05) is 19.7 Å². The Morgan fingerprint density at radius 2 is 2.00 bits per heavy atom. The largest absolute Gasteiger partial charge is 0.482 e. The molecule has 0 radical (unpaired) electrons. The Labute approximate surface area is 122 Å². The molecule has 0 unspecified atom stereocenters. The minimum Gasteiger partial charge on any atom is -0.482 e. The van der Waals surface area contributed by atoms with Gasteiger partial charge in [0.15, 0.2) is 6.61 Å². The maximum Gasteiger partial charge on any atom is 0.260 e. The van der Waals surface area contributed by atoms with Gasteiger partial charge in [-0.3, -0.25) is 4.79 Å². The number of amides is 1. The van der Waals surface area contributed by atoms with Crippen LogP contribution in [0.25, 0.3) is 0 Å². The highest BCUT2D eigenvalue weighted by Crippen LogP contribution is 2.28. The average Bonchev–Trinajstić information content (AvgIpc) is 2.39. The molecule has 3 nitrogen and oxygen atoms in total. The molecular weight excluding hydrogens is 339 g/mol. The van der Waals surface area contributed by atoms with Gasteiger partial charge in [0, 0.05) is 32.0 Å². The summed E-state index contributed by atoms with van der Waals surface area (Å²) < 4.78 is 44.7. The molecule has 0 spiro atoms. The summed E-state index contributed by atoms with van der Waals surface area (Å²) in [5.41, 5.74) is 0.